The first-order valence-corrected chi connectivity index (χ1v) is 26.0. The Morgan fingerprint density at radius 3 is 2.20 bits per heavy atom. The van der Waals surface area contributed by atoms with Gasteiger partial charge >= 0.3 is 0 Å². The largest absolute Gasteiger partial charge is 0.447 e. The molecule has 0 spiro atoms. The number of aromatic nitrogens is 4. The Morgan fingerprint density at radius 1 is 0.843 bits per heavy atom. The predicted octanol–water partition coefficient (Wildman–Crippen LogP) is 5.43. The van der Waals surface area contributed by atoms with Crippen molar-refractivity contribution >= 4 is 96.0 Å². The number of carbonyl (C=O) groups is 2. The number of thiazole rings is 2. The van der Waals surface area contributed by atoms with Crippen LogP contribution in [0, 0.1) is 11.8 Å². The van der Waals surface area contributed by atoms with Crippen molar-refractivity contribution in [1.29, 1.82) is 0 Å². The van der Waals surface area contributed by atoms with E-state index in [0.717, 1.165) is 77.6 Å². The molecular formula is C35H48N8O4S2Si2. The van der Waals surface area contributed by atoms with E-state index >= 15 is 0 Å². The third-order valence-corrected chi connectivity index (χ3v) is 15.4. The van der Waals surface area contributed by atoms with Crippen LogP contribution in [0.15, 0.2) is 27.4 Å². The van der Waals surface area contributed by atoms with Crippen molar-refractivity contribution in [3.63, 3.8) is 0 Å². The molecule has 1 unspecified atom stereocenters. The van der Waals surface area contributed by atoms with Gasteiger partial charge in [-0.3, -0.25) is 9.59 Å². The molecular weight excluding hydrogens is 717 g/mol. The standard InChI is InChI=1S/C35H48N8O4S2Si2/c1-50(2,3)33-27(41-30(47-33)11-9-26-20-40-35(49-26)43-32(45)24-7-6-14-37-18-24)22-51(4,5)31-21-38-29(46-31)10-8-25-19-39-34(48-25)42-28(44)17-23-12-15-36-16-13-23/h8-11,19-21,23-24,36-37H,6-7,12-18,22H2,1-5H3,(H,39,42,44)(H,40,43,45)/b10-8+,11-9+. The Labute approximate surface area is 309 Å². The van der Waals surface area contributed by atoms with Crippen LogP contribution in [0.25, 0.3) is 24.3 Å². The van der Waals surface area contributed by atoms with E-state index < -0.39 is 16.1 Å². The monoisotopic (exact) mass is 764 g/mol. The summed E-state index contributed by atoms with van der Waals surface area (Å²) in [7, 11) is -4.01. The van der Waals surface area contributed by atoms with Crippen LogP contribution in [-0.2, 0) is 15.6 Å². The first-order chi connectivity index (χ1) is 24.4. The minimum Gasteiger partial charge on any atom is -0.447 e. The number of hydrogen-bond donors (Lipinski definition) is 4. The summed E-state index contributed by atoms with van der Waals surface area (Å²) in [4.78, 5) is 45.3. The number of piperidine rings is 2. The average Bonchev–Trinajstić information content (AvgIpc) is 3.91. The van der Waals surface area contributed by atoms with E-state index in [1.807, 2.05) is 30.5 Å². The molecule has 6 rings (SSSR count). The molecule has 2 amide bonds. The maximum Gasteiger partial charge on any atom is 0.230 e. The topological polar surface area (TPSA) is 160 Å². The molecule has 272 valence electrons. The summed E-state index contributed by atoms with van der Waals surface area (Å²) < 4.78 is 12.7. The van der Waals surface area contributed by atoms with Gasteiger partial charge in [-0.2, -0.15) is 0 Å². The molecule has 4 aromatic rings. The minimum absolute atomic E-state index is 0.0181. The summed E-state index contributed by atoms with van der Waals surface area (Å²) in [6.07, 6.45) is 17.4. The molecule has 12 nitrogen and oxygen atoms in total. The van der Waals surface area contributed by atoms with Crippen molar-refractivity contribution < 1.29 is 18.4 Å². The second-order valence-corrected chi connectivity index (χ2v) is 26.7. The van der Waals surface area contributed by atoms with Crippen LogP contribution < -0.4 is 32.0 Å². The average molecular weight is 765 g/mol. The lowest BCUT2D eigenvalue weighted by Crippen LogP contribution is -2.47. The van der Waals surface area contributed by atoms with Crippen molar-refractivity contribution in [2.24, 2.45) is 11.8 Å². The lowest BCUT2D eigenvalue weighted by Gasteiger charge is -2.21. The summed E-state index contributed by atoms with van der Waals surface area (Å²) in [5.74, 6) is 1.54. The van der Waals surface area contributed by atoms with Crippen LogP contribution in [0.3, 0.4) is 0 Å². The van der Waals surface area contributed by atoms with Gasteiger partial charge in [0.1, 0.15) is 26.9 Å². The smallest absolute Gasteiger partial charge is 0.230 e. The van der Waals surface area contributed by atoms with Crippen molar-refractivity contribution in [3.05, 3.63) is 45.8 Å². The SMILES string of the molecule is C[Si](C)(C)c1oc(/C=C/c2cnc(NC(=O)C3CCCNC3)s2)nc1C[Si](C)(C)c1cnc(/C=C/c2cnc(NC(=O)CC3CCNCC3)s2)o1. The summed E-state index contributed by atoms with van der Waals surface area (Å²) in [6, 6.07) is 0.754. The lowest BCUT2D eigenvalue weighted by molar-refractivity contribution is -0.120. The summed E-state index contributed by atoms with van der Waals surface area (Å²) >= 11 is 2.86. The number of amides is 2. The number of nitrogens with zero attached hydrogens (tertiary/aromatic N) is 4. The number of oxazole rings is 2. The van der Waals surface area contributed by atoms with E-state index in [0.29, 0.717) is 40.9 Å². The number of carbonyl (C=O) groups excluding carboxylic acids is 2. The van der Waals surface area contributed by atoms with E-state index in [4.69, 9.17) is 13.8 Å². The number of anilines is 2. The van der Waals surface area contributed by atoms with E-state index in [1.54, 1.807) is 12.4 Å². The maximum absolute atomic E-state index is 12.6. The fraction of sp³-hybridized carbons (Fsp3) is 0.486. The first-order valence-electron chi connectivity index (χ1n) is 17.7. The summed E-state index contributed by atoms with van der Waals surface area (Å²) in [6.45, 7) is 14.9. The normalized spacial score (nSPS) is 17.8. The second kappa shape index (κ2) is 16.4. The van der Waals surface area contributed by atoms with Crippen molar-refractivity contribution in [2.45, 2.75) is 70.9 Å². The van der Waals surface area contributed by atoms with E-state index in [9.17, 15) is 9.59 Å². The van der Waals surface area contributed by atoms with Crippen molar-refractivity contribution in [2.75, 3.05) is 36.8 Å². The van der Waals surface area contributed by atoms with Crippen LogP contribution in [-0.4, -0.2) is 74.1 Å². The lowest BCUT2D eigenvalue weighted by atomic mass is 9.94. The minimum atomic E-state index is -2.15. The molecule has 0 radical (unpaired) electrons. The molecule has 1 atom stereocenters. The molecule has 6 heterocycles. The first kappa shape index (κ1) is 37.2. The van der Waals surface area contributed by atoms with Crippen LogP contribution in [0.5, 0.6) is 0 Å². The van der Waals surface area contributed by atoms with Gasteiger partial charge in [-0.15, -0.1) is 0 Å². The molecule has 2 fully saturated rings. The molecule has 51 heavy (non-hydrogen) atoms. The quantitative estimate of drug-likeness (QED) is 0.130. The van der Waals surface area contributed by atoms with Gasteiger partial charge in [0.15, 0.2) is 10.3 Å². The van der Waals surface area contributed by atoms with E-state index in [1.165, 1.54) is 22.7 Å². The van der Waals surface area contributed by atoms with Gasteiger partial charge in [0.25, 0.3) is 0 Å². The van der Waals surface area contributed by atoms with E-state index in [-0.39, 0.29) is 17.7 Å². The maximum atomic E-state index is 12.6. The molecule has 2 aliphatic heterocycles. The van der Waals surface area contributed by atoms with Crippen molar-refractivity contribution in [3.8, 4) is 0 Å². The highest BCUT2D eigenvalue weighted by molar-refractivity contribution is 7.17. The zero-order valence-corrected chi connectivity index (χ0v) is 33.6. The van der Waals surface area contributed by atoms with Crippen LogP contribution >= 0.6 is 22.7 Å². The van der Waals surface area contributed by atoms with Gasteiger partial charge in [0.05, 0.1) is 17.8 Å². The molecule has 0 aliphatic carbocycles. The second-order valence-electron chi connectivity index (χ2n) is 15.0. The van der Waals surface area contributed by atoms with Gasteiger partial charge in [-0.25, -0.2) is 19.9 Å². The van der Waals surface area contributed by atoms with Gasteiger partial charge in [-0.1, -0.05) is 55.4 Å². The zero-order valence-electron chi connectivity index (χ0n) is 30.0. The number of nitrogens with one attached hydrogen (secondary N) is 4. The Balaban J connectivity index is 1.07. The van der Waals surface area contributed by atoms with Crippen LogP contribution in [0.4, 0.5) is 10.3 Å². The number of rotatable bonds is 13. The number of hydrogen-bond acceptors (Lipinski definition) is 12. The molecule has 4 N–H and O–H groups in total. The predicted molar refractivity (Wildman–Crippen MR) is 212 cm³/mol. The Bertz CT molecular complexity index is 1860. The van der Waals surface area contributed by atoms with Gasteiger partial charge in [0, 0.05) is 47.3 Å². The zero-order chi connectivity index (χ0) is 36.0. The van der Waals surface area contributed by atoms with Gasteiger partial charge in [-0.05, 0) is 69.4 Å². The molecule has 16 heteroatoms. The molecule has 0 bridgehead atoms. The third kappa shape index (κ3) is 10.3. The van der Waals surface area contributed by atoms with Crippen LogP contribution in [0.1, 0.15) is 59.3 Å². The fourth-order valence-corrected chi connectivity index (χ4v) is 11.4. The molecule has 2 aliphatic rings. The van der Waals surface area contributed by atoms with Gasteiger partial charge < -0.3 is 30.1 Å². The Hall–Kier alpha value is -3.55. The van der Waals surface area contributed by atoms with E-state index in [2.05, 4.69) is 69.0 Å². The molecule has 0 aromatic carbocycles. The summed E-state index contributed by atoms with van der Waals surface area (Å²) in [5, 5.41) is 15.6. The van der Waals surface area contributed by atoms with Crippen LogP contribution in [0.2, 0.25) is 32.7 Å². The summed E-state index contributed by atoms with van der Waals surface area (Å²) in [5.41, 5.74) is 0.983. The van der Waals surface area contributed by atoms with Gasteiger partial charge in [0.2, 0.25) is 23.6 Å². The fourth-order valence-electron chi connectivity index (χ4n) is 6.28. The molecule has 0 saturated carbocycles. The third-order valence-electron chi connectivity index (χ3n) is 9.10. The Morgan fingerprint density at radius 2 is 1.53 bits per heavy atom. The van der Waals surface area contributed by atoms with Crippen molar-refractivity contribution in [1.82, 2.24) is 30.6 Å². The highest BCUT2D eigenvalue weighted by atomic mass is 32.1. The highest BCUT2D eigenvalue weighted by Crippen LogP contribution is 2.25. The molecule has 2 saturated heterocycles. The Kier molecular flexibility index (Phi) is 12.0. The highest BCUT2D eigenvalue weighted by Gasteiger charge is 2.35. The molecule has 4 aromatic heterocycles.